The molecular formula is C6H11N. The van der Waals surface area contributed by atoms with Gasteiger partial charge in [0.25, 0.3) is 0 Å². The molecule has 3 N–H and O–H groups in total. The van der Waals surface area contributed by atoms with Crippen LogP contribution in [0.1, 0.15) is 19.8 Å². The van der Waals surface area contributed by atoms with Gasteiger partial charge in [0.05, 0.1) is 0 Å². The van der Waals surface area contributed by atoms with Gasteiger partial charge in [-0.2, -0.15) is 0 Å². The molecular weight excluding hydrogens is 86.1 g/mol. The largest absolute Gasteiger partial charge is 0.344 e. The summed E-state index contributed by atoms with van der Waals surface area (Å²) in [6.45, 7) is 2.18. The highest BCUT2D eigenvalue weighted by molar-refractivity contribution is 5.16. The van der Waals surface area contributed by atoms with E-state index < -0.39 is 0 Å². The minimum absolute atomic E-state index is 0. The summed E-state index contributed by atoms with van der Waals surface area (Å²) >= 11 is 0. The van der Waals surface area contributed by atoms with Gasteiger partial charge < -0.3 is 6.15 Å². The molecule has 1 unspecified atom stereocenters. The molecule has 0 amide bonds. The Kier molecular flexibility index (Phi) is 2.47. The first-order valence-corrected chi connectivity index (χ1v) is 2.42. The van der Waals surface area contributed by atoms with Crippen LogP contribution in [-0.2, 0) is 0 Å². The van der Waals surface area contributed by atoms with Gasteiger partial charge in [-0.25, -0.2) is 0 Å². The zero-order valence-electron chi connectivity index (χ0n) is 4.70. The lowest BCUT2D eigenvalue weighted by molar-refractivity contribution is 0.640. The Morgan fingerprint density at radius 1 is 1.71 bits per heavy atom. The van der Waals surface area contributed by atoms with Crippen molar-refractivity contribution in [3.05, 3.63) is 0 Å². The Morgan fingerprint density at radius 3 is 2.29 bits per heavy atom. The minimum Gasteiger partial charge on any atom is -0.344 e. The molecule has 7 heavy (non-hydrogen) atoms. The molecule has 1 nitrogen and oxygen atoms in total. The maximum Gasteiger partial charge on any atom is 0.0309 e. The predicted molar refractivity (Wildman–Crippen MR) is 31.2 cm³/mol. The number of hydrogen-bond acceptors (Lipinski definition) is 1. The summed E-state index contributed by atoms with van der Waals surface area (Å²) in [6, 6.07) is 0. The molecule has 0 saturated carbocycles. The van der Waals surface area contributed by atoms with Gasteiger partial charge in [-0.15, -0.1) is 5.92 Å². The van der Waals surface area contributed by atoms with E-state index in [4.69, 9.17) is 0 Å². The number of hydrogen-bond donors (Lipinski definition) is 1. The summed E-state index contributed by atoms with van der Waals surface area (Å²) < 4.78 is 0. The molecule has 0 saturated heterocycles. The van der Waals surface area contributed by atoms with E-state index >= 15 is 0 Å². The average Bonchev–Trinajstić information content (AvgIpc) is 1.31. The van der Waals surface area contributed by atoms with Crippen LogP contribution < -0.4 is 6.15 Å². The molecule has 0 bridgehead atoms. The van der Waals surface area contributed by atoms with Crippen LogP contribution in [0.5, 0.6) is 0 Å². The Morgan fingerprint density at radius 2 is 2.29 bits per heavy atom. The zero-order valence-corrected chi connectivity index (χ0v) is 4.70. The molecule has 1 aliphatic carbocycles. The van der Waals surface area contributed by atoms with Crippen molar-refractivity contribution < 1.29 is 0 Å². The van der Waals surface area contributed by atoms with Gasteiger partial charge in [-0.1, -0.05) is 12.8 Å². The molecule has 1 aliphatic rings. The molecule has 0 fully saturated rings. The standard InChI is InChI=1S/C6H8.H3N/c1-2-6-4-3-5-6;/h6H,2,4H2,1H3;1H3. The highest BCUT2D eigenvalue weighted by Gasteiger charge is 2.03. The maximum atomic E-state index is 3.05. The molecule has 1 heteroatoms. The first-order chi connectivity index (χ1) is 2.93. The molecule has 1 rings (SSSR count). The van der Waals surface area contributed by atoms with E-state index in [1.807, 2.05) is 0 Å². The smallest absolute Gasteiger partial charge is 0.0309 e. The van der Waals surface area contributed by atoms with Crippen molar-refractivity contribution in [1.82, 2.24) is 6.15 Å². The summed E-state index contributed by atoms with van der Waals surface area (Å²) in [5.74, 6) is 6.76. The van der Waals surface area contributed by atoms with Crippen molar-refractivity contribution >= 4 is 0 Å². The van der Waals surface area contributed by atoms with E-state index in [9.17, 15) is 0 Å². The third-order valence-corrected chi connectivity index (χ3v) is 1.15. The van der Waals surface area contributed by atoms with Crippen molar-refractivity contribution in [3.63, 3.8) is 0 Å². The highest BCUT2D eigenvalue weighted by Crippen LogP contribution is 2.11. The number of rotatable bonds is 1. The molecule has 1 atom stereocenters. The monoisotopic (exact) mass is 97.1 g/mol. The molecule has 0 spiro atoms. The van der Waals surface area contributed by atoms with Crippen LogP contribution in [0.4, 0.5) is 0 Å². The lowest BCUT2D eigenvalue weighted by atomic mass is 9.97. The van der Waals surface area contributed by atoms with Crippen LogP contribution in [0, 0.1) is 17.8 Å². The van der Waals surface area contributed by atoms with E-state index in [2.05, 4.69) is 18.8 Å². The van der Waals surface area contributed by atoms with Gasteiger partial charge in [-0.05, 0) is 6.42 Å². The van der Waals surface area contributed by atoms with Crippen molar-refractivity contribution in [3.8, 4) is 11.8 Å². The van der Waals surface area contributed by atoms with Gasteiger partial charge >= 0.3 is 0 Å². The van der Waals surface area contributed by atoms with Crippen LogP contribution in [0.2, 0.25) is 0 Å². The summed E-state index contributed by atoms with van der Waals surface area (Å²) in [4.78, 5) is 0. The normalized spacial score (nSPS) is 23.3. The zero-order chi connectivity index (χ0) is 4.41. The van der Waals surface area contributed by atoms with Gasteiger partial charge in [0.15, 0.2) is 0 Å². The molecule has 40 valence electrons. The van der Waals surface area contributed by atoms with E-state index in [-0.39, 0.29) is 6.15 Å². The summed E-state index contributed by atoms with van der Waals surface area (Å²) in [7, 11) is 0. The lowest BCUT2D eigenvalue weighted by Crippen LogP contribution is -1.99. The Bertz CT molecular complexity index is 96.5. The third kappa shape index (κ3) is 1.21. The summed E-state index contributed by atoms with van der Waals surface area (Å²) in [5.41, 5.74) is 0. The van der Waals surface area contributed by atoms with Gasteiger partial charge in [0.2, 0.25) is 0 Å². The van der Waals surface area contributed by atoms with E-state index in [1.165, 1.54) is 6.42 Å². The summed E-state index contributed by atoms with van der Waals surface area (Å²) in [5, 5.41) is 0. The van der Waals surface area contributed by atoms with Crippen molar-refractivity contribution in [2.75, 3.05) is 0 Å². The quantitative estimate of drug-likeness (QED) is 0.495. The highest BCUT2D eigenvalue weighted by atomic mass is 14.1. The van der Waals surface area contributed by atoms with Crippen LogP contribution in [0.15, 0.2) is 0 Å². The van der Waals surface area contributed by atoms with Crippen LogP contribution in [-0.4, -0.2) is 0 Å². The summed E-state index contributed by atoms with van der Waals surface area (Å²) in [6.07, 6.45) is 2.39. The molecule has 0 aromatic carbocycles. The van der Waals surface area contributed by atoms with Gasteiger partial charge in [0.1, 0.15) is 0 Å². The second-order valence-corrected chi connectivity index (χ2v) is 1.63. The SMILES string of the molecule is CCC1C#CC1.N. The van der Waals surface area contributed by atoms with Gasteiger partial charge in [-0.3, -0.25) is 0 Å². The van der Waals surface area contributed by atoms with Crippen molar-refractivity contribution in [2.24, 2.45) is 5.92 Å². The van der Waals surface area contributed by atoms with E-state index in [1.54, 1.807) is 0 Å². The average molecular weight is 97.2 g/mol. The van der Waals surface area contributed by atoms with Crippen LogP contribution in [0.3, 0.4) is 0 Å². The first-order valence-electron chi connectivity index (χ1n) is 2.42. The van der Waals surface area contributed by atoms with Crippen LogP contribution >= 0.6 is 0 Å². The molecule has 0 aliphatic heterocycles. The fourth-order valence-corrected chi connectivity index (χ4v) is 0.493. The van der Waals surface area contributed by atoms with Gasteiger partial charge in [0, 0.05) is 12.3 Å². The molecule has 0 radical (unpaired) electrons. The maximum absolute atomic E-state index is 3.05. The fraction of sp³-hybridized carbons (Fsp3) is 0.667. The van der Waals surface area contributed by atoms with Crippen LogP contribution in [0.25, 0.3) is 0 Å². The van der Waals surface area contributed by atoms with Crippen molar-refractivity contribution in [2.45, 2.75) is 19.8 Å². The van der Waals surface area contributed by atoms with E-state index in [0.29, 0.717) is 0 Å². The first kappa shape index (κ1) is 6.52. The second-order valence-electron chi connectivity index (χ2n) is 1.63. The Hall–Kier alpha value is -0.480. The fourth-order valence-electron chi connectivity index (χ4n) is 0.493. The third-order valence-electron chi connectivity index (χ3n) is 1.15. The minimum atomic E-state index is 0. The predicted octanol–water partition coefficient (Wildman–Crippen LogP) is 1.58. The second kappa shape index (κ2) is 2.65. The topological polar surface area (TPSA) is 35.0 Å². The van der Waals surface area contributed by atoms with Crippen molar-refractivity contribution in [1.29, 1.82) is 0 Å². The molecule has 0 heterocycles. The molecule has 0 aromatic rings. The Balaban J connectivity index is 0.000000360. The lowest BCUT2D eigenvalue weighted by Gasteiger charge is -2.06. The van der Waals surface area contributed by atoms with E-state index in [0.717, 1.165) is 12.3 Å². The Labute approximate surface area is 44.7 Å². The molecule has 0 aromatic heterocycles.